The fourth-order valence-corrected chi connectivity index (χ4v) is 2.46. The number of carbonyl (C=O) groups is 5. The van der Waals surface area contributed by atoms with Crippen molar-refractivity contribution < 1.29 is 34.2 Å². The summed E-state index contributed by atoms with van der Waals surface area (Å²) in [5, 5.41) is 25.1. The number of imidazole rings is 1. The molecule has 0 saturated carbocycles. The Bertz CT molecular complexity index is 797. The average molecular weight is 441 g/mol. The fourth-order valence-electron chi connectivity index (χ4n) is 2.46. The molecular weight excluding hydrogens is 414 g/mol. The summed E-state index contributed by atoms with van der Waals surface area (Å²) >= 11 is 0. The number of nitrogens with one attached hydrogen (secondary N) is 4. The third-order valence-electron chi connectivity index (χ3n) is 4.17. The van der Waals surface area contributed by atoms with Gasteiger partial charge in [-0.25, -0.2) is 9.78 Å². The molecule has 10 N–H and O–H groups in total. The van der Waals surface area contributed by atoms with Gasteiger partial charge in [-0.05, 0) is 13.8 Å². The van der Waals surface area contributed by atoms with Crippen LogP contribution in [0.25, 0.3) is 0 Å². The molecule has 14 heteroatoms. The van der Waals surface area contributed by atoms with Crippen molar-refractivity contribution in [2.45, 2.75) is 57.0 Å². The number of nitrogens with two attached hydrogens (primary N) is 2. The number of carbonyl (C=O) groups excluding carboxylic acids is 4. The van der Waals surface area contributed by atoms with E-state index >= 15 is 0 Å². The van der Waals surface area contributed by atoms with Crippen LogP contribution in [-0.4, -0.2) is 80.1 Å². The van der Waals surface area contributed by atoms with Crippen LogP contribution in [0.2, 0.25) is 0 Å². The molecule has 31 heavy (non-hydrogen) atoms. The third-order valence-corrected chi connectivity index (χ3v) is 4.17. The second kappa shape index (κ2) is 11.6. The third kappa shape index (κ3) is 8.39. The van der Waals surface area contributed by atoms with Gasteiger partial charge >= 0.3 is 5.97 Å². The number of aromatic amines is 1. The van der Waals surface area contributed by atoms with Crippen LogP contribution in [0.5, 0.6) is 0 Å². The molecule has 1 aromatic heterocycles. The Morgan fingerprint density at radius 3 is 2.23 bits per heavy atom. The Morgan fingerprint density at radius 1 is 1.10 bits per heavy atom. The number of carboxylic acids is 1. The van der Waals surface area contributed by atoms with E-state index in [0.29, 0.717) is 5.69 Å². The molecule has 5 unspecified atom stereocenters. The zero-order chi connectivity index (χ0) is 23.7. The highest BCUT2D eigenvalue weighted by molar-refractivity contribution is 5.96. The number of rotatable bonds is 12. The standard InChI is InChI=1S/C17H27N7O7/c1-7(22-15(28)10(18)3-9-5-20-6-21-9)14(27)23-11(4-12(19)26)16(29)24-13(8(2)25)17(30)31/h5-8,10-11,13,25H,3-4,18H2,1-2H3,(H2,19,26)(H,20,21)(H,22,28)(H,23,27)(H,24,29)(H,30,31). The summed E-state index contributed by atoms with van der Waals surface area (Å²) in [6.07, 6.45) is 0.980. The van der Waals surface area contributed by atoms with E-state index in [0.717, 1.165) is 6.92 Å². The van der Waals surface area contributed by atoms with Crippen molar-refractivity contribution in [1.82, 2.24) is 25.9 Å². The van der Waals surface area contributed by atoms with Crippen molar-refractivity contribution >= 4 is 29.6 Å². The number of amides is 4. The first-order chi connectivity index (χ1) is 14.4. The van der Waals surface area contributed by atoms with Gasteiger partial charge in [0.25, 0.3) is 0 Å². The molecule has 4 amide bonds. The molecule has 5 atom stereocenters. The molecule has 0 aliphatic carbocycles. The number of H-pyrrole nitrogens is 1. The Morgan fingerprint density at radius 2 is 1.74 bits per heavy atom. The van der Waals surface area contributed by atoms with Crippen LogP contribution in [0.1, 0.15) is 26.0 Å². The van der Waals surface area contributed by atoms with Crippen LogP contribution in [0.15, 0.2) is 12.5 Å². The molecule has 0 spiro atoms. The molecule has 1 aromatic rings. The normalized spacial score (nSPS) is 15.6. The molecule has 0 aliphatic heterocycles. The van der Waals surface area contributed by atoms with Gasteiger partial charge < -0.3 is 42.6 Å². The predicted octanol–water partition coefficient (Wildman–Crippen LogP) is -3.91. The van der Waals surface area contributed by atoms with Crippen molar-refractivity contribution in [3.63, 3.8) is 0 Å². The second-order valence-electron chi connectivity index (χ2n) is 6.91. The minimum atomic E-state index is -1.67. The van der Waals surface area contributed by atoms with Crippen molar-refractivity contribution in [3.05, 3.63) is 18.2 Å². The summed E-state index contributed by atoms with van der Waals surface area (Å²) in [5.74, 6) is -4.99. The van der Waals surface area contributed by atoms with Gasteiger partial charge in [0, 0.05) is 18.3 Å². The maximum Gasteiger partial charge on any atom is 0.328 e. The number of hydrogen-bond acceptors (Lipinski definition) is 8. The van der Waals surface area contributed by atoms with Gasteiger partial charge in [0.2, 0.25) is 23.6 Å². The van der Waals surface area contributed by atoms with E-state index in [1.807, 2.05) is 5.32 Å². The van der Waals surface area contributed by atoms with Crippen LogP contribution in [0.4, 0.5) is 0 Å². The second-order valence-corrected chi connectivity index (χ2v) is 6.91. The number of aromatic nitrogens is 2. The first-order valence-corrected chi connectivity index (χ1v) is 9.25. The lowest BCUT2D eigenvalue weighted by Crippen LogP contribution is -2.58. The number of aliphatic carboxylic acids is 1. The molecule has 14 nitrogen and oxygen atoms in total. The topological polar surface area (TPSA) is 243 Å². The van der Waals surface area contributed by atoms with Crippen LogP contribution < -0.4 is 27.4 Å². The van der Waals surface area contributed by atoms with Gasteiger partial charge in [-0.15, -0.1) is 0 Å². The predicted molar refractivity (Wildman–Crippen MR) is 105 cm³/mol. The zero-order valence-corrected chi connectivity index (χ0v) is 17.0. The molecule has 0 bridgehead atoms. The minimum absolute atomic E-state index is 0.142. The van der Waals surface area contributed by atoms with Crippen molar-refractivity contribution in [2.75, 3.05) is 0 Å². The lowest BCUT2D eigenvalue weighted by Gasteiger charge is -2.24. The number of hydrogen-bond donors (Lipinski definition) is 8. The smallest absolute Gasteiger partial charge is 0.328 e. The molecule has 1 rings (SSSR count). The SMILES string of the molecule is CC(NC(=O)C(N)Cc1cnc[nH]1)C(=O)NC(CC(N)=O)C(=O)NC(C(=O)O)C(C)O. The summed E-state index contributed by atoms with van der Waals surface area (Å²) in [7, 11) is 0. The quantitative estimate of drug-likeness (QED) is 0.158. The number of nitrogens with zero attached hydrogens (tertiary/aromatic N) is 1. The lowest BCUT2D eigenvalue weighted by atomic mass is 10.1. The van der Waals surface area contributed by atoms with Gasteiger partial charge in [-0.1, -0.05) is 0 Å². The van der Waals surface area contributed by atoms with Crippen molar-refractivity contribution in [1.29, 1.82) is 0 Å². The van der Waals surface area contributed by atoms with E-state index < -0.39 is 66.3 Å². The van der Waals surface area contributed by atoms with Gasteiger partial charge in [0.15, 0.2) is 6.04 Å². The maximum absolute atomic E-state index is 12.4. The van der Waals surface area contributed by atoms with E-state index in [-0.39, 0.29) is 6.42 Å². The number of aliphatic hydroxyl groups is 1. The molecule has 172 valence electrons. The fraction of sp³-hybridized carbons (Fsp3) is 0.529. The highest BCUT2D eigenvalue weighted by Crippen LogP contribution is 2.00. The van der Waals surface area contributed by atoms with E-state index in [1.165, 1.54) is 19.4 Å². The largest absolute Gasteiger partial charge is 0.480 e. The summed E-state index contributed by atoms with van der Waals surface area (Å²) in [4.78, 5) is 65.9. The highest BCUT2D eigenvalue weighted by atomic mass is 16.4. The Hall–Kier alpha value is -3.52. The van der Waals surface area contributed by atoms with Gasteiger partial charge in [0.1, 0.15) is 12.1 Å². The lowest BCUT2D eigenvalue weighted by molar-refractivity contribution is -0.145. The van der Waals surface area contributed by atoms with Crippen LogP contribution >= 0.6 is 0 Å². The van der Waals surface area contributed by atoms with Crippen molar-refractivity contribution in [3.8, 4) is 0 Å². The Labute approximate surface area is 177 Å². The first-order valence-electron chi connectivity index (χ1n) is 9.25. The van der Waals surface area contributed by atoms with Crippen LogP contribution in [0, 0.1) is 0 Å². The molecule has 0 fully saturated rings. The van der Waals surface area contributed by atoms with E-state index in [2.05, 4.69) is 20.6 Å². The summed E-state index contributed by atoms with van der Waals surface area (Å²) in [6.45, 7) is 2.47. The first kappa shape index (κ1) is 25.5. The number of carboxylic acid groups (broad SMARTS) is 1. The number of aliphatic hydroxyl groups excluding tert-OH is 1. The minimum Gasteiger partial charge on any atom is -0.480 e. The average Bonchev–Trinajstić information content (AvgIpc) is 3.17. The van der Waals surface area contributed by atoms with Gasteiger partial charge in [-0.2, -0.15) is 0 Å². The zero-order valence-electron chi connectivity index (χ0n) is 17.0. The van der Waals surface area contributed by atoms with E-state index in [1.54, 1.807) is 0 Å². The van der Waals surface area contributed by atoms with Crippen molar-refractivity contribution in [2.24, 2.45) is 11.5 Å². The maximum atomic E-state index is 12.4. The molecule has 0 radical (unpaired) electrons. The van der Waals surface area contributed by atoms with Crippen LogP contribution in [0.3, 0.4) is 0 Å². The summed E-state index contributed by atoms with van der Waals surface area (Å²) < 4.78 is 0. The van der Waals surface area contributed by atoms with Crippen LogP contribution in [-0.2, 0) is 30.4 Å². The Balaban J connectivity index is 2.74. The summed E-state index contributed by atoms with van der Waals surface area (Å²) in [5.41, 5.74) is 11.5. The highest BCUT2D eigenvalue weighted by Gasteiger charge is 2.31. The monoisotopic (exact) mass is 441 g/mol. The molecule has 0 aliphatic rings. The molecule has 0 saturated heterocycles. The molecule has 0 aromatic carbocycles. The van der Waals surface area contributed by atoms with Gasteiger partial charge in [0.05, 0.1) is 24.9 Å². The molecular formula is C17H27N7O7. The number of primary amides is 1. The molecule has 1 heterocycles. The van der Waals surface area contributed by atoms with Gasteiger partial charge in [-0.3, -0.25) is 19.2 Å². The summed E-state index contributed by atoms with van der Waals surface area (Å²) in [6, 6.07) is -5.32. The van der Waals surface area contributed by atoms with E-state index in [4.69, 9.17) is 16.6 Å². The van der Waals surface area contributed by atoms with E-state index in [9.17, 15) is 29.1 Å². The Kier molecular flexibility index (Phi) is 9.56.